The monoisotopic (exact) mass is 567 g/mol. The van der Waals surface area contributed by atoms with Gasteiger partial charge in [0.15, 0.2) is 5.78 Å². The molecule has 4 aromatic carbocycles. The van der Waals surface area contributed by atoms with Gasteiger partial charge in [0.25, 0.3) is 0 Å². The first-order valence-electron chi connectivity index (χ1n) is 12.8. The molecule has 1 N–H and O–H groups in total. The summed E-state index contributed by atoms with van der Waals surface area (Å²) < 4.78 is 16.7. The Hall–Kier alpha value is -4.88. The summed E-state index contributed by atoms with van der Waals surface area (Å²) >= 11 is 6.02. The molecule has 206 valence electrons. The van der Waals surface area contributed by atoms with Crippen LogP contribution < -0.4 is 9.47 Å². The molecule has 5 rings (SSSR count). The number of hydrogen-bond acceptors (Lipinski definition) is 6. The van der Waals surface area contributed by atoms with E-state index >= 15 is 0 Å². The number of methoxy groups -OCH3 is 1. The van der Waals surface area contributed by atoms with Gasteiger partial charge in [0.05, 0.1) is 19.1 Å². The Morgan fingerprint density at radius 2 is 1.54 bits per heavy atom. The normalized spacial score (nSPS) is 10.8. The number of esters is 2. The summed E-state index contributed by atoms with van der Waals surface area (Å²) in [5.74, 6) is -1.03. The summed E-state index contributed by atoms with van der Waals surface area (Å²) in [6, 6.07) is 25.8. The fourth-order valence-electron chi connectivity index (χ4n) is 4.66. The van der Waals surface area contributed by atoms with E-state index < -0.39 is 11.9 Å². The average Bonchev–Trinajstić information content (AvgIpc) is 3.30. The molecule has 0 saturated heterocycles. The molecule has 0 radical (unpaired) electrons. The van der Waals surface area contributed by atoms with Crippen molar-refractivity contribution in [2.45, 2.75) is 20.0 Å². The second kappa shape index (κ2) is 12.1. The molecule has 5 aromatic rings. The van der Waals surface area contributed by atoms with Gasteiger partial charge in [-0.25, -0.2) is 4.79 Å². The first kappa shape index (κ1) is 27.7. The molecule has 0 amide bonds. The van der Waals surface area contributed by atoms with Crippen molar-refractivity contribution < 1.29 is 28.6 Å². The van der Waals surface area contributed by atoms with Crippen LogP contribution in [-0.4, -0.2) is 29.8 Å². The number of aryl methyl sites for hydroxylation is 1. The first-order chi connectivity index (χ1) is 19.9. The van der Waals surface area contributed by atoms with Crippen molar-refractivity contribution in [3.63, 3.8) is 0 Å². The molecular formula is C33H26ClNO6. The van der Waals surface area contributed by atoms with E-state index in [0.29, 0.717) is 44.1 Å². The highest BCUT2D eigenvalue weighted by Gasteiger charge is 2.25. The Balaban J connectivity index is 1.43. The Bertz CT molecular complexity index is 1740. The van der Waals surface area contributed by atoms with E-state index in [1.54, 1.807) is 54.6 Å². The Kier molecular flexibility index (Phi) is 8.17. The van der Waals surface area contributed by atoms with Gasteiger partial charge in [-0.2, -0.15) is 0 Å². The van der Waals surface area contributed by atoms with Crippen molar-refractivity contribution in [2.75, 3.05) is 7.11 Å². The number of carbonyl (C=O) groups excluding carboxylic acids is 3. The third-order valence-electron chi connectivity index (χ3n) is 6.66. The molecule has 0 saturated carbocycles. The number of halogens is 1. The SMILES string of the molecule is COc1ccc2[nH]c(C)c(CC(=O)Oc3ccccc3C(=O)OCc3ccccc3)c2c1C(=O)c1ccc(Cl)cc1. The predicted molar refractivity (Wildman–Crippen MR) is 156 cm³/mol. The van der Waals surface area contributed by atoms with Crippen LogP contribution in [0.5, 0.6) is 11.5 Å². The van der Waals surface area contributed by atoms with Crippen molar-refractivity contribution in [3.8, 4) is 11.5 Å². The van der Waals surface area contributed by atoms with Crippen molar-refractivity contribution in [2.24, 2.45) is 0 Å². The molecule has 8 heteroatoms. The summed E-state index contributed by atoms with van der Waals surface area (Å²) in [6.07, 6.45) is -0.159. The van der Waals surface area contributed by atoms with Crippen molar-refractivity contribution in [1.29, 1.82) is 0 Å². The molecular weight excluding hydrogens is 542 g/mol. The minimum atomic E-state index is -0.610. The van der Waals surface area contributed by atoms with E-state index in [2.05, 4.69) is 4.98 Å². The molecule has 0 aliphatic rings. The van der Waals surface area contributed by atoms with Gasteiger partial charge in [0.1, 0.15) is 23.7 Å². The second-order valence-corrected chi connectivity index (χ2v) is 9.78. The topological polar surface area (TPSA) is 94.7 Å². The standard InChI is InChI=1S/C33H26ClNO6/c1-20-25(30-26(35-20)16-17-28(39-2)31(30)32(37)22-12-14-23(34)15-13-22)18-29(36)41-27-11-7-6-10-24(27)33(38)40-19-21-8-4-3-5-9-21/h3-17,35H,18-19H2,1-2H3. The summed E-state index contributed by atoms with van der Waals surface area (Å²) in [4.78, 5) is 43.0. The van der Waals surface area contributed by atoms with Crippen molar-refractivity contribution in [3.05, 3.63) is 130 Å². The van der Waals surface area contributed by atoms with Gasteiger partial charge in [-0.1, -0.05) is 54.1 Å². The van der Waals surface area contributed by atoms with Gasteiger partial charge in [0, 0.05) is 27.2 Å². The maximum Gasteiger partial charge on any atom is 0.342 e. The Morgan fingerprint density at radius 1 is 0.829 bits per heavy atom. The minimum Gasteiger partial charge on any atom is -0.496 e. The third kappa shape index (κ3) is 6.00. The maximum absolute atomic E-state index is 13.7. The number of para-hydroxylation sites is 1. The number of fused-ring (bicyclic) bond motifs is 1. The molecule has 0 bridgehead atoms. The molecule has 0 aliphatic carbocycles. The lowest BCUT2D eigenvalue weighted by atomic mass is 9.95. The van der Waals surface area contributed by atoms with E-state index in [9.17, 15) is 14.4 Å². The highest BCUT2D eigenvalue weighted by molar-refractivity contribution is 6.30. The van der Waals surface area contributed by atoms with E-state index in [1.807, 2.05) is 37.3 Å². The number of benzene rings is 4. The summed E-state index contributed by atoms with van der Waals surface area (Å²) in [5.41, 5.74) is 3.68. The summed E-state index contributed by atoms with van der Waals surface area (Å²) in [5, 5.41) is 1.08. The summed E-state index contributed by atoms with van der Waals surface area (Å²) in [6.45, 7) is 1.91. The summed E-state index contributed by atoms with van der Waals surface area (Å²) in [7, 11) is 1.49. The first-order valence-corrected chi connectivity index (χ1v) is 13.2. The number of nitrogens with one attached hydrogen (secondary N) is 1. The zero-order chi connectivity index (χ0) is 28.9. The maximum atomic E-state index is 13.7. The van der Waals surface area contributed by atoms with Crippen LogP contribution in [0.3, 0.4) is 0 Å². The lowest BCUT2D eigenvalue weighted by molar-refractivity contribution is -0.133. The number of ether oxygens (including phenoxy) is 3. The van der Waals surface area contributed by atoms with Crippen LogP contribution in [0.25, 0.3) is 10.9 Å². The van der Waals surface area contributed by atoms with Crippen LogP contribution in [0.2, 0.25) is 5.02 Å². The van der Waals surface area contributed by atoms with Gasteiger partial charge >= 0.3 is 11.9 Å². The molecule has 1 heterocycles. The lowest BCUT2D eigenvalue weighted by Crippen LogP contribution is -2.15. The zero-order valence-electron chi connectivity index (χ0n) is 22.4. The number of carbonyl (C=O) groups is 3. The molecule has 0 atom stereocenters. The molecule has 0 spiro atoms. The molecule has 7 nitrogen and oxygen atoms in total. The molecule has 0 aliphatic heterocycles. The smallest absolute Gasteiger partial charge is 0.342 e. The fraction of sp³-hybridized carbons (Fsp3) is 0.121. The highest BCUT2D eigenvalue weighted by atomic mass is 35.5. The Morgan fingerprint density at radius 3 is 2.27 bits per heavy atom. The van der Waals surface area contributed by atoms with Crippen molar-refractivity contribution >= 4 is 40.2 Å². The fourth-order valence-corrected chi connectivity index (χ4v) is 4.78. The van der Waals surface area contributed by atoms with E-state index in [1.165, 1.54) is 13.2 Å². The quantitative estimate of drug-likeness (QED) is 0.119. The van der Waals surface area contributed by atoms with E-state index in [0.717, 1.165) is 5.56 Å². The van der Waals surface area contributed by atoms with Crippen LogP contribution in [0, 0.1) is 6.92 Å². The van der Waals surface area contributed by atoms with Crippen LogP contribution in [0.1, 0.15) is 43.1 Å². The van der Waals surface area contributed by atoms with Crippen LogP contribution >= 0.6 is 11.6 Å². The van der Waals surface area contributed by atoms with Gasteiger partial charge in [-0.15, -0.1) is 0 Å². The highest BCUT2D eigenvalue weighted by Crippen LogP contribution is 2.35. The number of rotatable bonds is 9. The largest absolute Gasteiger partial charge is 0.496 e. The molecule has 1 aromatic heterocycles. The second-order valence-electron chi connectivity index (χ2n) is 9.34. The number of aromatic nitrogens is 1. The van der Waals surface area contributed by atoms with Gasteiger partial charge in [0.2, 0.25) is 0 Å². The van der Waals surface area contributed by atoms with Gasteiger partial charge in [-0.05, 0) is 66.6 Å². The van der Waals surface area contributed by atoms with Crippen LogP contribution in [0.4, 0.5) is 0 Å². The van der Waals surface area contributed by atoms with Crippen LogP contribution in [-0.2, 0) is 22.6 Å². The van der Waals surface area contributed by atoms with Crippen LogP contribution in [0.15, 0.2) is 91.0 Å². The molecule has 0 fully saturated rings. The van der Waals surface area contributed by atoms with Gasteiger partial charge < -0.3 is 19.2 Å². The number of H-pyrrole nitrogens is 1. The van der Waals surface area contributed by atoms with E-state index in [-0.39, 0.29) is 30.1 Å². The predicted octanol–water partition coefficient (Wildman–Crippen LogP) is 6.87. The van der Waals surface area contributed by atoms with E-state index in [4.69, 9.17) is 25.8 Å². The number of aromatic amines is 1. The molecule has 0 unspecified atom stereocenters. The van der Waals surface area contributed by atoms with Crippen molar-refractivity contribution in [1.82, 2.24) is 4.98 Å². The molecule has 41 heavy (non-hydrogen) atoms. The number of ketones is 1. The zero-order valence-corrected chi connectivity index (χ0v) is 23.2. The average molecular weight is 568 g/mol. The minimum absolute atomic E-state index is 0.0861. The Labute approximate surface area is 241 Å². The van der Waals surface area contributed by atoms with Gasteiger partial charge in [-0.3, -0.25) is 9.59 Å². The lowest BCUT2D eigenvalue weighted by Gasteiger charge is -2.12. The number of hydrogen-bond donors (Lipinski definition) is 1. The third-order valence-corrected chi connectivity index (χ3v) is 6.91.